The van der Waals surface area contributed by atoms with Crippen LogP contribution in [0, 0.1) is 0 Å². The van der Waals surface area contributed by atoms with E-state index in [1.807, 2.05) is 0 Å². The van der Waals surface area contributed by atoms with Gasteiger partial charge in [-0.05, 0) is 43.3 Å². The lowest BCUT2D eigenvalue weighted by Crippen LogP contribution is -2.54. The summed E-state index contributed by atoms with van der Waals surface area (Å²) in [5, 5.41) is 0. The largest absolute Gasteiger partial charge is 0.347 e. The molecule has 1 aromatic heterocycles. The van der Waals surface area contributed by atoms with Crippen molar-refractivity contribution in [2.75, 3.05) is 24.5 Å². The van der Waals surface area contributed by atoms with Crippen LogP contribution in [-0.2, 0) is 11.8 Å². The normalized spacial score (nSPS) is 19.2. The third-order valence-corrected chi connectivity index (χ3v) is 5.30. The zero-order valence-corrected chi connectivity index (χ0v) is 15.7. The number of anilines is 1. The maximum Gasteiger partial charge on any atom is 0.332 e. The van der Waals surface area contributed by atoms with Crippen LogP contribution < -0.4 is 4.90 Å². The number of carbonyl (C=O) groups excluding carboxylic acids is 4. The fraction of sp³-hybridized carbons (Fsp3) is 0.300. The summed E-state index contributed by atoms with van der Waals surface area (Å²) in [6, 6.07) is 8.82. The van der Waals surface area contributed by atoms with Crippen molar-refractivity contribution in [1.82, 2.24) is 14.4 Å². The van der Waals surface area contributed by atoms with Gasteiger partial charge in [0.25, 0.3) is 11.8 Å². The summed E-state index contributed by atoms with van der Waals surface area (Å²) in [4.78, 5) is 54.2. The molecule has 8 nitrogen and oxygen atoms in total. The molecule has 3 heterocycles. The van der Waals surface area contributed by atoms with Crippen molar-refractivity contribution in [3.8, 4) is 0 Å². The molecule has 0 saturated carbocycles. The van der Waals surface area contributed by atoms with Crippen LogP contribution in [0.15, 0.2) is 42.6 Å². The van der Waals surface area contributed by atoms with E-state index in [0.717, 1.165) is 4.90 Å². The average Bonchev–Trinajstić information content (AvgIpc) is 3.22. The molecular formula is C20H20N4O4. The molecule has 0 aliphatic carbocycles. The maximum absolute atomic E-state index is 12.9. The smallest absolute Gasteiger partial charge is 0.332 e. The third kappa shape index (κ3) is 2.77. The molecule has 2 aliphatic rings. The van der Waals surface area contributed by atoms with Crippen LogP contribution in [0.25, 0.3) is 0 Å². The number of aryl methyl sites for hydroxylation is 1. The lowest BCUT2D eigenvalue weighted by atomic mass is 10.1. The van der Waals surface area contributed by atoms with Crippen molar-refractivity contribution in [1.29, 1.82) is 0 Å². The minimum Gasteiger partial charge on any atom is -0.347 e. The van der Waals surface area contributed by atoms with Gasteiger partial charge in [0.1, 0.15) is 11.7 Å². The van der Waals surface area contributed by atoms with Crippen LogP contribution in [0.5, 0.6) is 0 Å². The number of nitrogens with zero attached hydrogens (tertiary/aromatic N) is 4. The minimum atomic E-state index is -0.696. The highest BCUT2D eigenvalue weighted by atomic mass is 16.2. The Kier molecular flexibility index (Phi) is 4.26. The molecule has 0 radical (unpaired) electrons. The van der Waals surface area contributed by atoms with Gasteiger partial charge in [0.2, 0.25) is 0 Å². The SMILES string of the molecule is CC(=O)c1ccc(N2C(=O)[C@@H]3CN(C(=O)c4cccn4C)CCN3C2=O)cc1. The van der Waals surface area contributed by atoms with Crippen LogP contribution in [0.2, 0.25) is 0 Å². The van der Waals surface area contributed by atoms with Gasteiger partial charge in [-0.1, -0.05) is 0 Å². The summed E-state index contributed by atoms with van der Waals surface area (Å²) in [6.07, 6.45) is 1.79. The number of rotatable bonds is 3. The van der Waals surface area contributed by atoms with Crippen LogP contribution >= 0.6 is 0 Å². The first-order valence-corrected chi connectivity index (χ1v) is 9.04. The van der Waals surface area contributed by atoms with Gasteiger partial charge in [0.15, 0.2) is 5.78 Å². The first-order chi connectivity index (χ1) is 13.4. The van der Waals surface area contributed by atoms with Crippen LogP contribution in [-0.4, -0.2) is 63.7 Å². The molecule has 1 atom stereocenters. The minimum absolute atomic E-state index is 0.0853. The molecule has 28 heavy (non-hydrogen) atoms. The quantitative estimate of drug-likeness (QED) is 0.597. The van der Waals surface area contributed by atoms with Crippen LogP contribution in [0.4, 0.5) is 10.5 Å². The molecule has 2 fully saturated rings. The van der Waals surface area contributed by atoms with Gasteiger partial charge in [-0.25, -0.2) is 9.69 Å². The summed E-state index contributed by atoms with van der Waals surface area (Å²) in [5.74, 6) is -0.598. The van der Waals surface area contributed by atoms with Gasteiger partial charge < -0.3 is 14.4 Å². The Balaban J connectivity index is 1.56. The van der Waals surface area contributed by atoms with E-state index in [0.29, 0.717) is 30.0 Å². The highest BCUT2D eigenvalue weighted by Gasteiger charge is 2.49. The predicted molar refractivity (Wildman–Crippen MR) is 101 cm³/mol. The third-order valence-electron chi connectivity index (χ3n) is 5.30. The lowest BCUT2D eigenvalue weighted by molar-refractivity contribution is -0.120. The first-order valence-electron chi connectivity index (χ1n) is 9.04. The zero-order chi connectivity index (χ0) is 20.0. The second-order valence-corrected chi connectivity index (χ2v) is 7.02. The Morgan fingerprint density at radius 2 is 1.75 bits per heavy atom. The van der Waals surface area contributed by atoms with Crippen LogP contribution in [0.1, 0.15) is 27.8 Å². The molecule has 2 aromatic rings. The number of ketones is 1. The van der Waals surface area contributed by atoms with Crippen molar-refractivity contribution in [2.24, 2.45) is 7.05 Å². The summed E-state index contributed by atoms with van der Waals surface area (Å²) in [6.45, 7) is 2.29. The monoisotopic (exact) mass is 380 g/mol. The van der Waals surface area contributed by atoms with Crippen molar-refractivity contribution >= 4 is 29.3 Å². The first kappa shape index (κ1) is 18.0. The van der Waals surface area contributed by atoms with E-state index in [1.165, 1.54) is 11.8 Å². The molecule has 0 bridgehead atoms. The number of carbonyl (C=O) groups is 4. The van der Waals surface area contributed by atoms with Crippen molar-refractivity contribution in [2.45, 2.75) is 13.0 Å². The Morgan fingerprint density at radius 3 is 2.36 bits per heavy atom. The highest BCUT2D eigenvalue weighted by molar-refractivity contribution is 6.21. The number of hydrogen-bond donors (Lipinski definition) is 0. The zero-order valence-electron chi connectivity index (χ0n) is 15.7. The predicted octanol–water partition coefficient (Wildman–Crippen LogP) is 1.52. The highest BCUT2D eigenvalue weighted by Crippen LogP contribution is 2.28. The van der Waals surface area contributed by atoms with Gasteiger partial charge in [-0.2, -0.15) is 0 Å². The molecular weight excluding hydrogens is 360 g/mol. The van der Waals surface area contributed by atoms with E-state index < -0.39 is 12.1 Å². The fourth-order valence-electron chi connectivity index (χ4n) is 3.71. The van der Waals surface area contributed by atoms with E-state index >= 15 is 0 Å². The summed E-state index contributed by atoms with van der Waals surface area (Å²) in [7, 11) is 1.79. The Morgan fingerprint density at radius 1 is 1.04 bits per heavy atom. The number of urea groups is 1. The second-order valence-electron chi connectivity index (χ2n) is 7.02. The summed E-state index contributed by atoms with van der Waals surface area (Å²) >= 11 is 0. The molecule has 2 saturated heterocycles. The van der Waals surface area contributed by atoms with E-state index in [1.54, 1.807) is 59.1 Å². The van der Waals surface area contributed by atoms with E-state index in [9.17, 15) is 19.2 Å². The van der Waals surface area contributed by atoms with Gasteiger partial charge in [-0.3, -0.25) is 14.4 Å². The second kappa shape index (κ2) is 6.63. The number of imide groups is 1. The Labute approximate surface area is 161 Å². The number of hydrogen-bond acceptors (Lipinski definition) is 4. The molecule has 0 N–H and O–H groups in total. The van der Waals surface area contributed by atoms with Gasteiger partial charge >= 0.3 is 6.03 Å². The van der Waals surface area contributed by atoms with Crippen molar-refractivity contribution in [3.05, 3.63) is 53.9 Å². The lowest BCUT2D eigenvalue weighted by Gasteiger charge is -2.35. The average molecular weight is 380 g/mol. The van der Waals surface area contributed by atoms with E-state index in [-0.39, 0.29) is 24.1 Å². The summed E-state index contributed by atoms with van der Waals surface area (Å²) < 4.78 is 1.74. The molecule has 4 rings (SSSR count). The number of aromatic nitrogens is 1. The molecule has 1 aromatic carbocycles. The Bertz CT molecular complexity index is 978. The number of Topliss-reactive ketones (excluding diaryl/α,β-unsaturated/α-hetero) is 1. The molecule has 8 heteroatoms. The molecule has 0 unspecified atom stereocenters. The van der Waals surface area contributed by atoms with Gasteiger partial charge in [-0.15, -0.1) is 0 Å². The fourth-order valence-corrected chi connectivity index (χ4v) is 3.71. The number of fused-ring (bicyclic) bond motifs is 1. The van der Waals surface area contributed by atoms with E-state index in [2.05, 4.69) is 0 Å². The van der Waals surface area contributed by atoms with Crippen molar-refractivity contribution in [3.63, 3.8) is 0 Å². The number of piperazine rings is 1. The maximum atomic E-state index is 12.9. The van der Waals surface area contributed by atoms with Gasteiger partial charge in [0, 0.05) is 31.9 Å². The van der Waals surface area contributed by atoms with Crippen molar-refractivity contribution < 1.29 is 19.2 Å². The number of benzene rings is 1. The van der Waals surface area contributed by atoms with E-state index in [4.69, 9.17) is 0 Å². The summed E-state index contributed by atoms with van der Waals surface area (Å²) in [5.41, 5.74) is 1.48. The Hall–Kier alpha value is -3.42. The standard InChI is InChI=1S/C20H20N4O4/c1-13(25)14-5-7-15(8-6-14)24-19(27)17-12-22(10-11-23(17)20(24)28)18(26)16-4-3-9-21(16)2/h3-9,17H,10-12H2,1-2H3/t17-/m0/s1. The molecule has 0 spiro atoms. The van der Waals surface area contributed by atoms with Gasteiger partial charge in [0.05, 0.1) is 12.2 Å². The number of amides is 4. The molecule has 4 amide bonds. The topological polar surface area (TPSA) is 82.9 Å². The molecule has 144 valence electrons. The van der Waals surface area contributed by atoms with Crippen LogP contribution in [0.3, 0.4) is 0 Å². The molecule has 2 aliphatic heterocycles.